The Morgan fingerprint density at radius 1 is 1.56 bits per heavy atom. The van der Waals surface area contributed by atoms with Crippen LogP contribution in [0.4, 0.5) is 5.69 Å². The van der Waals surface area contributed by atoms with Gasteiger partial charge in [-0.3, -0.25) is 0 Å². The SMILES string of the molecule is COc1ccc(C#N)c(NC2CCSC2)c1. The fraction of sp³-hybridized carbons (Fsp3) is 0.417. The van der Waals surface area contributed by atoms with Gasteiger partial charge >= 0.3 is 0 Å². The highest BCUT2D eigenvalue weighted by atomic mass is 32.2. The highest BCUT2D eigenvalue weighted by Gasteiger charge is 2.16. The molecule has 0 amide bonds. The van der Waals surface area contributed by atoms with Gasteiger partial charge in [-0.15, -0.1) is 0 Å². The second-order valence-corrected chi connectivity index (χ2v) is 4.88. The van der Waals surface area contributed by atoms with Gasteiger partial charge in [0.05, 0.1) is 18.4 Å². The van der Waals surface area contributed by atoms with Crippen LogP contribution in [0.5, 0.6) is 5.75 Å². The van der Waals surface area contributed by atoms with Gasteiger partial charge < -0.3 is 10.1 Å². The lowest BCUT2D eigenvalue weighted by molar-refractivity contribution is 0.415. The van der Waals surface area contributed by atoms with Crippen molar-refractivity contribution in [2.45, 2.75) is 12.5 Å². The zero-order chi connectivity index (χ0) is 11.4. The van der Waals surface area contributed by atoms with Crippen molar-refractivity contribution >= 4 is 17.4 Å². The van der Waals surface area contributed by atoms with Crippen LogP contribution in [0.25, 0.3) is 0 Å². The maximum atomic E-state index is 9.02. The first-order valence-corrected chi connectivity index (χ1v) is 6.41. The topological polar surface area (TPSA) is 45.0 Å². The Labute approximate surface area is 99.8 Å². The lowest BCUT2D eigenvalue weighted by atomic mass is 10.1. The number of methoxy groups -OCH3 is 1. The maximum absolute atomic E-state index is 9.02. The molecule has 1 fully saturated rings. The Morgan fingerprint density at radius 2 is 2.44 bits per heavy atom. The van der Waals surface area contributed by atoms with Crippen molar-refractivity contribution in [3.63, 3.8) is 0 Å². The molecule has 2 rings (SSSR count). The van der Waals surface area contributed by atoms with Gasteiger partial charge in [-0.05, 0) is 24.3 Å². The van der Waals surface area contributed by atoms with E-state index in [2.05, 4.69) is 11.4 Å². The molecule has 0 spiro atoms. The molecule has 1 N–H and O–H groups in total. The molecule has 1 atom stereocenters. The van der Waals surface area contributed by atoms with Gasteiger partial charge in [-0.1, -0.05) is 0 Å². The Kier molecular flexibility index (Phi) is 3.58. The summed E-state index contributed by atoms with van der Waals surface area (Å²) in [7, 11) is 1.64. The zero-order valence-electron chi connectivity index (χ0n) is 9.19. The average molecular weight is 234 g/mol. The molecule has 0 aromatic heterocycles. The molecule has 16 heavy (non-hydrogen) atoms. The van der Waals surface area contributed by atoms with Crippen LogP contribution in [0.1, 0.15) is 12.0 Å². The average Bonchev–Trinajstić information content (AvgIpc) is 2.82. The zero-order valence-corrected chi connectivity index (χ0v) is 10.0. The largest absolute Gasteiger partial charge is 0.497 e. The summed E-state index contributed by atoms with van der Waals surface area (Å²) in [5.74, 6) is 3.10. The van der Waals surface area contributed by atoms with Gasteiger partial charge in [0.2, 0.25) is 0 Å². The Morgan fingerprint density at radius 3 is 3.06 bits per heavy atom. The summed E-state index contributed by atoms with van der Waals surface area (Å²) in [4.78, 5) is 0. The van der Waals surface area contributed by atoms with E-state index in [4.69, 9.17) is 10.00 Å². The normalized spacial score (nSPS) is 19.1. The maximum Gasteiger partial charge on any atom is 0.121 e. The molecule has 1 aromatic rings. The number of ether oxygens (including phenoxy) is 1. The molecule has 1 heterocycles. The standard InChI is InChI=1S/C12H14N2OS/c1-15-11-3-2-9(7-13)12(6-11)14-10-4-5-16-8-10/h2-3,6,10,14H,4-5,8H2,1H3. The third-order valence-corrected chi connectivity index (χ3v) is 3.80. The van der Waals surface area contributed by atoms with Gasteiger partial charge in [-0.2, -0.15) is 17.0 Å². The number of thioether (sulfide) groups is 1. The van der Waals surface area contributed by atoms with E-state index in [1.54, 1.807) is 13.2 Å². The number of nitrogens with one attached hydrogen (secondary N) is 1. The van der Waals surface area contributed by atoms with E-state index in [0.717, 1.165) is 23.6 Å². The fourth-order valence-electron chi connectivity index (χ4n) is 1.74. The summed E-state index contributed by atoms with van der Waals surface area (Å²) in [5.41, 5.74) is 1.56. The number of hydrogen-bond donors (Lipinski definition) is 1. The van der Waals surface area contributed by atoms with Gasteiger partial charge in [0.25, 0.3) is 0 Å². The van der Waals surface area contributed by atoms with Gasteiger partial charge in [0.1, 0.15) is 11.8 Å². The molecule has 0 radical (unpaired) electrons. The minimum Gasteiger partial charge on any atom is -0.497 e. The molecular formula is C12H14N2OS. The third-order valence-electron chi connectivity index (χ3n) is 2.64. The van der Waals surface area contributed by atoms with Gasteiger partial charge in [0.15, 0.2) is 0 Å². The molecule has 1 saturated heterocycles. The first-order chi connectivity index (χ1) is 7.83. The van der Waals surface area contributed by atoms with Crippen LogP contribution in [-0.4, -0.2) is 24.7 Å². The summed E-state index contributed by atoms with van der Waals surface area (Å²) in [6.07, 6.45) is 1.16. The second-order valence-electron chi connectivity index (χ2n) is 3.73. The van der Waals surface area contributed by atoms with E-state index < -0.39 is 0 Å². The quantitative estimate of drug-likeness (QED) is 0.872. The molecule has 84 valence electrons. The third kappa shape index (κ3) is 2.42. The van der Waals surface area contributed by atoms with Crippen molar-refractivity contribution in [1.82, 2.24) is 0 Å². The number of hydrogen-bond acceptors (Lipinski definition) is 4. The minimum atomic E-state index is 0.476. The van der Waals surface area contributed by atoms with Crippen molar-refractivity contribution in [3.8, 4) is 11.8 Å². The number of nitriles is 1. The second kappa shape index (κ2) is 5.13. The lowest BCUT2D eigenvalue weighted by Gasteiger charge is -2.14. The summed E-state index contributed by atoms with van der Waals surface area (Å²) in [5, 5.41) is 12.4. The minimum absolute atomic E-state index is 0.476. The number of nitrogens with zero attached hydrogens (tertiary/aromatic N) is 1. The first kappa shape index (κ1) is 11.2. The summed E-state index contributed by atoms with van der Waals surface area (Å²) < 4.78 is 5.16. The molecule has 3 nitrogen and oxygen atoms in total. The number of benzene rings is 1. The lowest BCUT2D eigenvalue weighted by Crippen LogP contribution is -2.18. The molecule has 1 aliphatic heterocycles. The molecule has 1 unspecified atom stereocenters. The molecule has 1 aliphatic rings. The molecule has 0 saturated carbocycles. The predicted molar refractivity (Wildman–Crippen MR) is 67.1 cm³/mol. The molecule has 0 aliphatic carbocycles. The van der Waals surface area contributed by atoms with Crippen LogP contribution in [0.3, 0.4) is 0 Å². The van der Waals surface area contributed by atoms with E-state index in [0.29, 0.717) is 11.6 Å². The van der Waals surface area contributed by atoms with E-state index in [1.165, 1.54) is 5.75 Å². The molecule has 4 heteroatoms. The van der Waals surface area contributed by atoms with Crippen molar-refractivity contribution in [3.05, 3.63) is 23.8 Å². The Balaban J connectivity index is 2.19. The van der Waals surface area contributed by atoms with Crippen molar-refractivity contribution in [2.24, 2.45) is 0 Å². The van der Waals surface area contributed by atoms with Crippen LogP contribution >= 0.6 is 11.8 Å². The van der Waals surface area contributed by atoms with E-state index >= 15 is 0 Å². The van der Waals surface area contributed by atoms with Crippen LogP contribution in [0.2, 0.25) is 0 Å². The highest BCUT2D eigenvalue weighted by Crippen LogP contribution is 2.26. The Hall–Kier alpha value is -1.34. The molecular weight excluding hydrogens is 220 g/mol. The fourth-order valence-corrected chi connectivity index (χ4v) is 2.89. The molecule has 1 aromatic carbocycles. The van der Waals surface area contributed by atoms with Gasteiger partial charge in [0, 0.05) is 17.9 Å². The summed E-state index contributed by atoms with van der Waals surface area (Å²) in [6.45, 7) is 0. The first-order valence-electron chi connectivity index (χ1n) is 5.26. The van der Waals surface area contributed by atoms with Crippen LogP contribution in [0.15, 0.2) is 18.2 Å². The van der Waals surface area contributed by atoms with Crippen LogP contribution in [-0.2, 0) is 0 Å². The van der Waals surface area contributed by atoms with Crippen LogP contribution in [0, 0.1) is 11.3 Å². The monoisotopic (exact) mass is 234 g/mol. The van der Waals surface area contributed by atoms with E-state index in [1.807, 2.05) is 23.9 Å². The predicted octanol–water partition coefficient (Wildman–Crippen LogP) is 2.48. The Bertz CT molecular complexity index is 408. The van der Waals surface area contributed by atoms with E-state index in [-0.39, 0.29) is 0 Å². The summed E-state index contributed by atoms with van der Waals surface area (Å²) in [6, 6.07) is 8.17. The van der Waals surface area contributed by atoms with E-state index in [9.17, 15) is 0 Å². The smallest absolute Gasteiger partial charge is 0.121 e. The van der Waals surface area contributed by atoms with Gasteiger partial charge in [-0.25, -0.2) is 0 Å². The number of anilines is 1. The highest BCUT2D eigenvalue weighted by molar-refractivity contribution is 7.99. The number of rotatable bonds is 3. The van der Waals surface area contributed by atoms with Crippen molar-refractivity contribution in [2.75, 3.05) is 23.9 Å². The van der Waals surface area contributed by atoms with Crippen molar-refractivity contribution in [1.29, 1.82) is 5.26 Å². The summed E-state index contributed by atoms with van der Waals surface area (Å²) >= 11 is 1.95. The van der Waals surface area contributed by atoms with Crippen LogP contribution < -0.4 is 10.1 Å². The van der Waals surface area contributed by atoms with Crippen molar-refractivity contribution < 1.29 is 4.74 Å². The molecule has 0 bridgehead atoms.